The van der Waals surface area contributed by atoms with E-state index < -0.39 is 0 Å². The Kier molecular flexibility index (Phi) is 3.10. The summed E-state index contributed by atoms with van der Waals surface area (Å²) in [6, 6.07) is 0. The van der Waals surface area contributed by atoms with Crippen LogP contribution in [0.4, 0.5) is 5.13 Å². The summed E-state index contributed by atoms with van der Waals surface area (Å²) in [5, 5.41) is 8.16. The first-order valence-electron chi connectivity index (χ1n) is 5.38. The Bertz CT molecular complexity index is 495. The fraction of sp³-hybridized carbons (Fsp3) is 0.600. The molecule has 17 heavy (non-hydrogen) atoms. The van der Waals surface area contributed by atoms with Gasteiger partial charge in [0.15, 0.2) is 5.82 Å². The summed E-state index contributed by atoms with van der Waals surface area (Å²) in [6.45, 7) is 6.86. The molecule has 0 fully saturated rings. The molecular weight excluding hydrogens is 236 g/mol. The molecule has 2 heterocycles. The minimum absolute atomic E-state index is 0.0142. The molecule has 0 amide bonds. The lowest BCUT2D eigenvalue weighted by molar-refractivity contribution is 0.555. The second-order valence-electron chi connectivity index (χ2n) is 4.86. The molecule has 0 aliphatic carbocycles. The maximum atomic E-state index is 4.44. The lowest BCUT2D eigenvalue weighted by Crippen LogP contribution is -2.13. The molecule has 0 spiro atoms. The van der Waals surface area contributed by atoms with Crippen LogP contribution >= 0.6 is 11.5 Å². The van der Waals surface area contributed by atoms with Crippen molar-refractivity contribution in [2.75, 3.05) is 5.32 Å². The molecule has 0 unspecified atom stereocenters. The molecule has 0 saturated heterocycles. The number of nitrogens with one attached hydrogen (secondary N) is 1. The summed E-state index contributed by atoms with van der Waals surface area (Å²) in [7, 11) is 1.85. The molecule has 2 rings (SSSR count). The molecule has 0 aliphatic heterocycles. The fourth-order valence-electron chi connectivity index (χ4n) is 1.22. The van der Waals surface area contributed by atoms with Crippen LogP contribution in [0.3, 0.4) is 0 Å². The zero-order valence-electron chi connectivity index (χ0n) is 10.4. The van der Waals surface area contributed by atoms with Crippen molar-refractivity contribution in [3.8, 4) is 0 Å². The largest absolute Gasteiger partial charge is 0.353 e. The van der Waals surface area contributed by atoms with Crippen LogP contribution in [-0.2, 0) is 19.0 Å². The third kappa shape index (κ3) is 3.00. The summed E-state index contributed by atoms with van der Waals surface area (Å²) in [5.41, 5.74) is -0.0142. The average Bonchev–Trinajstić information content (AvgIpc) is 2.82. The first-order valence-corrected chi connectivity index (χ1v) is 6.15. The van der Waals surface area contributed by atoms with E-state index in [0.29, 0.717) is 6.54 Å². The number of aryl methyl sites for hydroxylation is 1. The smallest absolute Gasteiger partial charge is 0.202 e. The third-order valence-corrected chi connectivity index (χ3v) is 2.81. The highest BCUT2D eigenvalue weighted by molar-refractivity contribution is 7.09. The van der Waals surface area contributed by atoms with Crippen molar-refractivity contribution in [2.24, 2.45) is 7.05 Å². The van der Waals surface area contributed by atoms with Gasteiger partial charge < -0.3 is 5.32 Å². The van der Waals surface area contributed by atoms with Gasteiger partial charge in [-0.3, -0.25) is 4.68 Å². The molecule has 0 atom stereocenters. The Morgan fingerprint density at radius 3 is 2.71 bits per heavy atom. The van der Waals surface area contributed by atoms with Crippen molar-refractivity contribution in [1.82, 2.24) is 24.1 Å². The number of anilines is 1. The zero-order valence-corrected chi connectivity index (χ0v) is 11.2. The minimum Gasteiger partial charge on any atom is -0.353 e. The van der Waals surface area contributed by atoms with Crippen LogP contribution in [0.1, 0.15) is 32.4 Å². The van der Waals surface area contributed by atoms with Gasteiger partial charge in [0.1, 0.15) is 12.2 Å². The predicted octanol–water partition coefficient (Wildman–Crippen LogP) is 1.58. The van der Waals surface area contributed by atoms with Gasteiger partial charge in [0, 0.05) is 24.0 Å². The quantitative estimate of drug-likeness (QED) is 0.898. The Balaban J connectivity index is 1.98. The van der Waals surface area contributed by atoms with Crippen molar-refractivity contribution < 1.29 is 0 Å². The highest BCUT2D eigenvalue weighted by Crippen LogP contribution is 2.22. The maximum Gasteiger partial charge on any atom is 0.202 e. The van der Waals surface area contributed by atoms with E-state index in [1.807, 2.05) is 7.05 Å². The first kappa shape index (κ1) is 12.0. The summed E-state index contributed by atoms with van der Waals surface area (Å²) in [4.78, 5) is 8.57. The summed E-state index contributed by atoms with van der Waals surface area (Å²) in [5.74, 6) is 1.61. The fourth-order valence-corrected chi connectivity index (χ4v) is 1.97. The normalized spacial score (nSPS) is 11.8. The van der Waals surface area contributed by atoms with Crippen molar-refractivity contribution in [2.45, 2.75) is 32.7 Å². The monoisotopic (exact) mass is 252 g/mol. The number of hydrogen-bond acceptors (Lipinski definition) is 6. The SMILES string of the molecule is Cn1cnc(CNc2nc(C(C)(C)C)ns2)n1. The standard InChI is InChI=1S/C10H16N6S/c1-10(2,3)8-13-9(17-15-8)11-5-7-12-6-16(4)14-7/h6H,5H2,1-4H3,(H,11,13,15). The van der Waals surface area contributed by atoms with Crippen LogP contribution in [0.15, 0.2) is 6.33 Å². The summed E-state index contributed by atoms with van der Waals surface area (Å²) < 4.78 is 6.01. The van der Waals surface area contributed by atoms with Crippen LogP contribution in [0, 0.1) is 0 Å². The van der Waals surface area contributed by atoms with Gasteiger partial charge in [0.05, 0.1) is 6.54 Å². The Labute approximate surface area is 104 Å². The van der Waals surface area contributed by atoms with Gasteiger partial charge in [-0.05, 0) is 0 Å². The molecular formula is C10H16N6S. The van der Waals surface area contributed by atoms with Crippen molar-refractivity contribution in [1.29, 1.82) is 0 Å². The van der Waals surface area contributed by atoms with E-state index in [0.717, 1.165) is 16.8 Å². The Morgan fingerprint density at radius 2 is 2.18 bits per heavy atom. The van der Waals surface area contributed by atoms with Crippen LogP contribution in [0.5, 0.6) is 0 Å². The van der Waals surface area contributed by atoms with Crippen LogP contribution < -0.4 is 5.32 Å². The van der Waals surface area contributed by atoms with E-state index in [2.05, 4.69) is 45.5 Å². The van der Waals surface area contributed by atoms with Crippen LogP contribution in [0.25, 0.3) is 0 Å². The summed E-state index contributed by atoms with van der Waals surface area (Å²) in [6.07, 6.45) is 1.68. The highest BCUT2D eigenvalue weighted by Gasteiger charge is 2.19. The number of aromatic nitrogens is 5. The van der Waals surface area contributed by atoms with Gasteiger partial charge >= 0.3 is 0 Å². The van der Waals surface area contributed by atoms with Gasteiger partial charge in [-0.2, -0.15) is 9.47 Å². The van der Waals surface area contributed by atoms with Crippen LogP contribution in [-0.4, -0.2) is 24.1 Å². The number of hydrogen-bond donors (Lipinski definition) is 1. The van der Waals surface area contributed by atoms with Gasteiger partial charge in [0.2, 0.25) is 5.13 Å². The molecule has 6 nitrogen and oxygen atoms in total. The summed E-state index contributed by atoms with van der Waals surface area (Å²) >= 11 is 1.37. The Morgan fingerprint density at radius 1 is 1.41 bits per heavy atom. The van der Waals surface area contributed by atoms with E-state index in [-0.39, 0.29) is 5.41 Å². The number of nitrogens with zero attached hydrogens (tertiary/aromatic N) is 5. The average molecular weight is 252 g/mol. The van der Waals surface area contributed by atoms with E-state index in [9.17, 15) is 0 Å². The molecule has 0 radical (unpaired) electrons. The van der Waals surface area contributed by atoms with E-state index in [4.69, 9.17) is 0 Å². The van der Waals surface area contributed by atoms with Crippen molar-refractivity contribution >= 4 is 16.7 Å². The number of rotatable bonds is 3. The second-order valence-corrected chi connectivity index (χ2v) is 5.61. The highest BCUT2D eigenvalue weighted by atomic mass is 32.1. The molecule has 0 saturated carbocycles. The van der Waals surface area contributed by atoms with Gasteiger partial charge in [-0.1, -0.05) is 20.8 Å². The molecule has 7 heteroatoms. The van der Waals surface area contributed by atoms with Gasteiger partial charge in [-0.15, -0.1) is 0 Å². The van der Waals surface area contributed by atoms with Crippen molar-refractivity contribution in [3.63, 3.8) is 0 Å². The lowest BCUT2D eigenvalue weighted by atomic mass is 9.96. The Hall–Kier alpha value is -1.50. The topological polar surface area (TPSA) is 68.5 Å². The second kappa shape index (κ2) is 4.40. The predicted molar refractivity (Wildman–Crippen MR) is 66.9 cm³/mol. The van der Waals surface area contributed by atoms with E-state index >= 15 is 0 Å². The maximum absolute atomic E-state index is 4.44. The zero-order chi connectivity index (χ0) is 12.5. The lowest BCUT2D eigenvalue weighted by Gasteiger charge is -2.12. The van der Waals surface area contributed by atoms with Crippen LogP contribution in [0.2, 0.25) is 0 Å². The van der Waals surface area contributed by atoms with E-state index in [1.54, 1.807) is 11.0 Å². The molecule has 2 aromatic heterocycles. The molecule has 1 N–H and O–H groups in total. The molecule has 0 aromatic carbocycles. The molecule has 0 aliphatic rings. The van der Waals surface area contributed by atoms with Gasteiger partial charge in [0.25, 0.3) is 0 Å². The minimum atomic E-state index is -0.0142. The third-order valence-electron chi connectivity index (χ3n) is 2.14. The van der Waals surface area contributed by atoms with E-state index in [1.165, 1.54) is 11.5 Å². The van der Waals surface area contributed by atoms with Crippen molar-refractivity contribution in [3.05, 3.63) is 18.0 Å². The van der Waals surface area contributed by atoms with Gasteiger partial charge in [-0.25, -0.2) is 9.97 Å². The molecule has 0 bridgehead atoms. The molecule has 2 aromatic rings. The molecule has 92 valence electrons. The first-order chi connectivity index (χ1) is 7.95.